The van der Waals surface area contributed by atoms with Gasteiger partial charge in [-0.05, 0) is 19.3 Å². The van der Waals surface area contributed by atoms with Crippen LogP contribution in [-0.4, -0.2) is 12.2 Å². The highest BCUT2D eigenvalue weighted by Crippen LogP contribution is 2.45. The standard InChI is InChI=1S/C19H20O2/c1-3-8-15(9-4-1)19(16-10-5-2-6-11-16)20-17-12-7-13-18(14-17)21-19/h1-6,8-11,17-18H,7,12-14H2/t17-,18+. The van der Waals surface area contributed by atoms with Gasteiger partial charge in [0.2, 0.25) is 5.79 Å². The zero-order chi connectivity index (χ0) is 14.1. The lowest BCUT2D eigenvalue weighted by molar-refractivity contribution is -0.315. The van der Waals surface area contributed by atoms with Crippen molar-refractivity contribution in [3.05, 3.63) is 71.8 Å². The molecule has 0 aromatic heterocycles. The summed E-state index contributed by atoms with van der Waals surface area (Å²) in [4.78, 5) is 0. The van der Waals surface area contributed by atoms with Gasteiger partial charge in [-0.3, -0.25) is 0 Å². The second-order valence-corrected chi connectivity index (χ2v) is 5.99. The predicted molar refractivity (Wildman–Crippen MR) is 81.9 cm³/mol. The number of ether oxygens (including phenoxy) is 2. The van der Waals surface area contributed by atoms with Crippen LogP contribution in [0.4, 0.5) is 0 Å². The first-order chi connectivity index (χ1) is 10.4. The van der Waals surface area contributed by atoms with E-state index in [-0.39, 0.29) is 0 Å². The SMILES string of the molecule is c1ccc(C2(c3ccccc3)O[C@@H]3CCC[C@@H](C3)O2)cc1. The summed E-state index contributed by atoms with van der Waals surface area (Å²) < 4.78 is 13.0. The molecule has 2 aromatic rings. The third-order valence-electron chi connectivity index (χ3n) is 4.55. The monoisotopic (exact) mass is 280 g/mol. The Kier molecular flexibility index (Phi) is 3.28. The average Bonchev–Trinajstić information content (AvgIpc) is 2.56. The Hall–Kier alpha value is -1.64. The summed E-state index contributed by atoms with van der Waals surface area (Å²) in [7, 11) is 0. The van der Waals surface area contributed by atoms with Gasteiger partial charge in [0, 0.05) is 17.5 Å². The molecule has 2 aromatic carbocycles. The van der Waals surface area contributed by atoms with Crippen LogP contribution in [0.3, 0.4) is 0 Å². The van der Waals surface area contributed by atoms with E-state index in [9.17, 15) is 0 Å². The van der Waals surface area contributed by atoms with Gasteiger partial charge in [0.25, 0.3) is 0 Å². The minimum atomic E-state index is -0.740. The summed E-state index contributed by atoms with van der Waals surface area (Å²) in [6, 6.07) is 20.7. The summed E-state index contributed by atoms with van der Waals surface area (Å²) in [5.41, 5.74) is 2.18. The van der Waals surface area contributed by atoms with Crippen LogP contribution in [-0.2, 0) is 15.3 Å². The van der Waals surface area contributed by atoms with Gasteiger partial charge in [0.05, 0.1) is 12.2 Å². The van der Waals surface area contributed by atoms with E-state index in [4.69, 9.17) is 9.47 Å². The van der Waals surface area contributed by atoms with Crippen molar-refractivity contribution in [1.29, 1.82) is 0 Å². The lowest BCUT2D eigenvalue weighted by atomic mass is 9.89. The molecule has 1 aliphatic carbocycles. The van der Waals surface area contributed by atoms with Crippen LogP contribution in [0.25, 0.3) is 0 Å². The van der Waals surface area contributed by atoms with E-state index in [0.717, 1.165) is 30.4 Å². The molecule has 2 nitrogen and oxygen atoms in total. The minimum Gasteiger partial charge on any atom is -0.339 e. The molecule has 0 amide bonds. The van der Waals surface area contributed by atoms with Gasteiger partial charge in [-0.15, -0.1) is 0 Å². The Morgan fingerprint density at radius 2 is 1.19 bits per heavy atom. The van der Waals surface area contributed by atoms with Crippen molar-refractivity contribution in [2.24, 2.45) is 0 Å². The molecule has 1 heterocycles. The number of hydrogen-bond acceptors (Lipinski definition) is 2. The van der Waals surface area contributed by atoms with Crippen LogP contribution < -0.4 is 0 Å². The molecule has 0 radical (unpaired) electrons. The number of rotatable bonds is 2. The molecule has 0 spiro atoms. The Morgan fingerprint density at radius 1 is 0.714 bits per heavy atom. The molecule has 1 saturated carbocycles. The molecule has 1 aliphatic heterocycles. The third-order valence-corrected chi connectivity index (χ3v) is 4.55. The fourth-order valence-electron chi connectivity index (χ4n) is 3.57. The normalized spacial score (nSPS) is 27.2. The second kappa shape index (κ2) is 5.28. The fraction of sp³-hybridized carbons (Fsp3) is 0.368. The van der Waals surface area contributed by atoms with Crippen LogP contribution in [0.1, 0.15) is 36.8 Å². The van der Waals surface area contributed by atoms with E-state index < -0.39 is 5.79 Å². The van der Waals surface area contributed by atoms with Crippen LogP contribution in [0.5, 0.6) is 0 Å². The molecule has 2 fully saturated rings. The molecule has 2 heteroatoms. The number of hydrogen-bond donors (Lipinski definition) is 0. The lowest BCUT2D eigenvalue weighted by Gasteiger charge is -2.47. The largest absolute Gasteiger partial charge is 0.339 e. The predicted octanol–water partition coefficient (Wildman–Crippen LogP) is 4.25. The van der Waals surface area contributed by atoms with Crippen molar-refractivity contribution in [1.82, 2.24) is 0 Å². The van der Waals surface area contributed by atoms with E-state index in [1.807, 2.05) is 12.1 Å². The van der Waals surface area contributed by atoms with Gasteiger partial charge in [0.1, 0.15) is 0 Å². The summed E-state index contributed by atoms with van der Waals surface area (Å²) in [6.07, 6.45) is 5.12. The molecule has 0 N–H and O–H groups in total. The smallest absolute Gasteiger partial charge is 0.222 e. The maximum Gasteiger partial charge on any atom is 0.222 e. The van der Waals surface area contributed by atoms with Crippen LogP contribution in [0, 0.1) is 0 Å². The zero-order valence-electron chi connectivity index (χ0n) is 12.1. The Balaban J connectivity index is 1.83. The molecule has 2 bridgehead atoms. The summed E-state index contributed by atoms with van der Waals surface area (Å²) in [5.74, 6) is -0.740. The van der Waals surface area contributed by atoms with Gasteiger partial charge in [-0.1, -0.05) is 60.7 Å². The average molecular weight is 280 g/mol. The molecular formula is C19H20O2. The lowest BCUT2D eigenvalue weighted by Crippen LogP contribution is -2.49. The molecule has 108 valence electrons. The maximum atomic E-state index is 6.49. The topological polar surface area (TPSA) is 18.5 Å². The molecule has 4 rings (SSSR count). The molecule has 0 unspecified atom stereocenters. The van der Waals surface area contributed by atoms with Crippen LogP contribution in [0.15, 0.2) is 60.7 Å². The van der Waals surface area contributed by atoms with Crippen molar-refractivity contribution in [3.63, 3.8) is 0 Å². The summed E-state index contributed by atoms with van der Waals surface area (Å²) in [6.45, 7) is 0. The minimum absolute atomic E-state index is 0.304. The summed E-state index contributed by atoms with van der Waals surface area (Å²) >= 11 is 0. The molecule has 1 saturated heterocycles. The Labute approximate surface area is 125 Å². The molecular weight excluding hydrogens is 260 g/mol. The Morgan fingerprint density at radius 3 is 1.67 bits per heavy atom. The summed E-state index contributed by atoms with van der Waals surface area (Å²) in [5, 5.41) is 0. The molecule has 21 heavy (non-hydrogen) atoms. The molecule has 2 atom stereocenters. The maximum absolute atomic E-state index is 6.49. The van der Waals surface area contributed by atoms with E-state index >= 15 is 0 Å². The van der Waals surface area contributed by atoms with Crippen molar-refractivity contribution < 1.29 is 9.47 Å². The highest BCUT2D eigenvalue weighted by molar-refractivity contribution is 5.34. The van der Waals surface area contributed by atoms with E-state index in [1.54, 1.807) is 0 Å². The first kappa shape index (κ1) is 13.1. The molecule has 2 aliphatic rings. The fourth-order valence-corrected chi connectivity index (χ4v) is 3.57. The van der Waals surface area contributed by atoms with Gasteiger partial charge >= 0.3 is 0 Å². The Bertz CT molecular complexity index is 540. The van der Waals surface area contributed by atoms with Crippen molar-refractivity contribution in [2.45, 2.75) is 43.7 Å². The zero-order valence-corrected chi connectivity index (χ0v) is 12.1. The van der Waals surface area contributed by atoms with Crippen molar-refractivity contribution >= 4 is 0 Å². The number of benzene rings is 2. The second-order valence-electron chi connectivity index (χ2n) is 5.99. The first-order valence-corrected chi connectivity index (χ1v) is 7.83. The third kappa shape index (κ3) is 2.29. The van der Waals surface area contributed by atoms with Crippen LogP contribution in [0.2, 0.25) is 0 Å². The van der Waals surface area contributed by atoms with Crippen molar-refractivity contribution in [2.75, 3.05) is 0 Å². The highest BCUT2D eigenvalue weighted by atomic mass is 16.7. The highest BCUT2D eigenvalue weighted by Gasteiger charge is 2.46. The first-order valence-electron chi connectivity index (χ1n) is 7.83. The van der Waals surface area contributed by atoms with Gasteiger partial charge < -0.3 is 9.47 Å². The van der Waals surface area contributed by atoms with Gasteiger partial charge in [-0.2, -0.15) is 0 Å². The van der Waals surface area contributed by atoms with Gasteiger partial charge in [0.15, 0.2) is 0 Å². The van der Waals surface area contributed by atoms with Crippen molar-refractivity contribution in [3.8, 4) is 0 Å². The van der Waals surface area contributed by atoms with E-state index in [2.05, 4.69) is 48.5 Å². The van der Waals surface area contributed by atoms with Gasteiger partial charge in [-0.25, -0.2) is 0 Å². The van der Waals surface area contributed by atoms with E-state index in [1.165, 1.54) is 6.42 Å². The van der Waals surface area contributed by atoms with E-state index in [0.29, 0.717) is 12.2 Å². The quantitative estimate of drug-likeness (QED) is 0.819. The number of fused-ring (bicyclic) bond motifs is 2. The van der Waals surface area contributed by atoms with Crippen LogP contribution >= 0.6 is 0 Å².